The maximum atomic E-state index is 13.8. The summed E-state index contributed by atoms with van der Waals surface area (Å²) in [6.07, 6.45) is 5.06. The van der Waals surface area contributed by atoms with E-state index in [0.29, 0.717) is 13.0 Å². The number of anilines is 2. The standard InChI is InChI=1S/C39H44N4O3/c1-46-27-38(44)41-36-24-32(14-19-37(36)42-21-20-30-11-5-6-12-33(30)26-42)31-13-7-10-29(22-31)25-43(35-17-15-34(40)16-18-35)39(45)23-28-8-3-2-4-9-28/h2-14,19,22,24,34-35H,15-18,20-21,23,25-27,40H2,1H3,(H,41,44). The molecule has 0 unspecified atom stereocenters. The fourth-order valence-electron chi connectivity index (χ4n) is 6.86. The summed E-state index contributed by atoms with van der Waals surface area (Å²) < 4.78 is 5.12. The van der Waals surface area contributed by atoms with Crippen molar-refractivity contribution in [3.63, 3.8) is 0 Å². The third-order valence-corrected chi connectivity index (χ3v) is 9.33. The van der Waals surface area contributed by atoms with Gasteiger partial charge in [0.1, 0.15) is 6.61 Å². The first-order valence-electron chi connectivity index (χ1n) is 16.4. The van der Waals surface area contributed by atoms with Gasteiger partial charge in [-0.25, -0.2) is 0 Å². The fourth-order valence-corrected chi connectivity index (χ4v) is 6.86. The van der Waals surface area contributed by atoms with Crippen LogP contribution in [-0.2, 0) is 40.3 Å². The number of benzene rings is 4. The summed E-state index contributed by atoms with van der Waals surface area (Å²) in [6, 6.07) is 33.6. The predicted molar refractivity (Wildman–Crippen MR) is 185 cm³/mol. The van der Waals surface area contributed by atoms with E-state index in [0.717, 1.165) is 78.8 Å². The number of amides is 2. The van der Waals surface area contributed by atoms with Crippen molar-refractivity contribution in [2.75, 3.05) is 30.5 Å². The van der Waals surface area contributed by atoms with Crippen LogP contribution in [0.1, 0.15) is 47.9 Å². The van der Waals surface area contributed by atoms with Crippen molar-refractivity contribution in [1.82, 2.24) is 4.90 Å². The Labute approximate surface area is 272 Å². The van der Waals surface area contributed by atoms with E-state index in [9.17, 15) is 9.59 Å². The zero-order valence-corrected chi connectivity index (χ0v) is 26.7. The molecular formula is C39H44N4O3. The smallest absolute Gasteiger partial charge is 0.250 e. The van der Waals surface area contributed by atoms with E-state index in [1.54, 1.807) is 0 Å². The summed E-state index contributed by atoms with van der Waals surface area (Å²) in [5.74, 6) is -0.0421. The van der Waals surface area contributed by atoms with Crippen LogP contribution in [0.3, 0.4) is 0 Å². The SMILES string of the molecule is COCC(=O)Nc1cc(-c2cccc(CN(C(=O)Cc3ccccc3)C3CCC(N)CC3)c2)ccc1N1CCc2ccccc2C1. The number of hydrogen-bond donors (Lipinski definition) is 2. The zero-order valence-electron chi connectivity index (χ0n) is 26.7. The molecular weight excluding hydrogens is 572 g/mol. The van der Waals surface area contributed by atoms with Crippen LogP contribution in [0.4, 0.5) is 11.4 Å². The largest absolute Gasteiger partial charge is 0.375 e. The Kier molecular flexibility index (Phi) is 10.1. The minimum absolute atomic E-state index is 0.0130. The van der Waals surface area contributed by atoms with Crippen molar-refractivity contribution in [3.8, 4) is 11.1 Å². The molecule has 7 heteroatoms. The second-order valence-corrected chi connectivity index (χ2v) is 12.6. The van der Waals surface area contributed by atoms with Crippen LogP contribution >= 0.6 is 0 Å². The number of methoxy groups -OCH3 is 1. The van der Waals surface area contributed by atoms with Crippen molar-refractivity contribution in [3.05, 3.63) is 119 Å². The predicted octanol–water partition coefficient (Wildman–Crippen LogP) is 6.34. The average molecular weight is 617 g/mol. The van der Waals surface area contributed by atoms with Gasteiger partial charge < -0.3 is 25.6 Å². The van der Waals surface area contributed by atoms with Gasteiger partial charge in [0.2, 0.25) is 11.8 Å². The second-order valence-electron chi connectivity index (χ2n) is 12.6. The highest BCUT2D eigenvalue weighted by Crippen LogP contribution is 2.35. The zero-order chi connectivity index (χ0) is 31.9. The van der Waals surface area contributed by atoms with Gasteiger partial charge in [0.15, 0.2) is 0 Å². The van der Waals surface area contributed by atoms with E-state index in [1.807, 2.05) is 30.3 Å². The van der Waals surface area contributed by atoms with E-state index in [1.165, 1.54) is 18.2 Å². The lowest BCUT2D eigenvalue weighted by atomic mass is 9.90. The third kappa shape index (κ3) is 7.66. The minimum Gasteiger partial charge on any atom is -0.375 e. The molecule has 0 spiro atoms. The molecule has 6 rings (SSSR count). The lowest BCUT2D eigenvalue weighted by molar-refractivity contribution is -0.134. The first-order chi connectivity index (χ1) is 22.5. The molecule has 1 aliphatic carbocycles. The Balaban J connectivity index is 1.27. The molecule has 7 nitrogen and oxygen atoms in total. The van der Waals surface area contributed by atoms with Crippen molar-refractivity contribution >= 4 is 23.2 Å². The maximum absolute atomic E-state index is 13.8. The number of rotatable bonds is 10. The third-order valence-electron chi connectivity index (χ3n) is 9.33. The van der Waals surface area contributed by atoms with Gasteiger partial charge in [-0.3, -0.25) is 9.59 Å². The highest BCUT2D eigenvalue weighted by Gasteiger charge is 2.28. The average Bonchev–Trinajstić information content (AvgIpc) is 3.08. The summed E-state index contributed by atoms with van der Waals surface area (Å²) in [5, 5.41) is 3.11. The number of nitrogens with zero attached hydrogens (tertiary/aromatic N) is 2. The lowest BCUT2D eigenvalue weighted by Crippen LogP contribution is -2.44. The molecule has 3 N–H and O–H groups in total. The summed E-state index contributed by atoms with van der Waals surface area (Å²) in [6.45, 7) is 2.19. The highest BCUT2D eigenvalue weighted by atomic mass is 16.5. The van der Waals surface area contributed by atoms with Gasteiger partial charge in [0.05, 0.1) is 17.8 Å². The normalized spacial score (nSPS) is 17.7. The van der Waals surface area contributed by atoms with Crippen molar-refractivity contribution in [2.24, 2.45) is 5.73 Å². The number of nitrogens with two attached hydrogens (primary N) is 1. The Hall–Kier alpha value is -4.46. The summed E-state index contributed by atoms with van der Waals surface area (Å²) >= 11 is 0. The van der Waals surface area contributed by atoms with Gasteiger partial charge in [-0.2, -0.15) is 0 Å². The molecule has 0 saturated heterocycles. The number of hydrogen-bond acceptors (Lipinski definition) is 5. The first-order valence-corrected chi connectivity index (χ1v) is 16.4. The molecule has 4 aromatic carbocycles. The Morgan fingerprint density at radius 2 is 1.57 bits per heavy atom. The van der Waals surface area contributed by atoms with Crippen molar-refractivity contribution in [1.29, 1.82) is 0 Å². The van der Waals surface area contributed by atoms with Gasteiger partial charge in [-0.1, -0.05) is 78.9 Å². The molecule has 0 bridgehead atoms. The van der Waals surface area contributed by atoms with E-state index >= 15 is 0 Å². The van der Waals surface area contributed by atoms with E-state index in [-0.39, 0.29) is 30.5 Å². The molecule has 1 aliphatic heterocycles. The molecule has 0 aromatic heterocycles. The molecule has 0 radical (unpaired) electrons. The van der Waals surface area contributed by atoms with E-state index in [2.05, 4.69) is 81.8 Å². The highest BCUT2D eigenvalue weighted by molar-refractivity contribution is 5.96. The molecule has 1 heterocycles. The summed E-state index contributed by atoms with van der Waals surface area (Å²) in [5.41, 5.74) is 14.8. The van der Waals surface area contributed by atoms with Crippen LogP contribution in [0.15, 0.2) is 97.1 Å². The molecule has 4 aromatic rings. The molecule has 2 amide bonds. The van der Waals surface area contributed by atoms with Crippen LogP contribution in [0, 0.1) is 0 Å². The summed E-state index contributed by atoms with van der Waals surface area (Å²) in [7, 11) is 1.53. The van der Waals surface area contributed by atoms with Crippen LogP contribution in [0.5, 0.6) is 0 Å². The van der Waals surface area contributed by atoms with Gasteiger partial charge in [0.25, 0.3) is 0 Å². The van der Waals surface area contributed by atoms with Gasteiger partial charge in [-0.15, -0.1) is 0 Å². The number of fused-ring (bicyclic) bond motifs is 1. The molecule has 2 aliphatic rings. The second kappa shape index (κ2) is 14.8. The van der Waals surface area contributed by atoms with Gasteiger partial charge >= 0.3 is 0 Å². The van der Waals surface area contributed by atoms with Gasteiger partial charge in [0, 0.05) is 38.8 Å². The van der Waals surface area contributed by atoms with Crippen LogP contribution < -0.4 is 16.0 Å². The van der Waals surface area contributed by atoms with Crippen molar-refractivity contribution < 1.29 is 14.3 Å². The number of nitrogens with one attached hydrogen (secondary N) is 1. The van der Waals surface area contributed by atoms with Crippen LogP contribution in [0.25, 0.3) is 11.1 Å². The summed E-state index contributed by atoms with van der Waals surface area (Å²) in [4.78, 5) is 30.9. The van der Waals surface area contributed by atoms with E-state index < -0.39 is 0 Å². The quantitative estimate of drug-likeness (QED) is 0.217. The lowest BCUT2D eigenvalue weighted by Gasteiger charge is -2.36. The Morgan fingerprint density at radius 1 is 0.848 bits per heavy atom. The Bertz CT molecular complexity index is 1650. The molecule has 0 atom stereocenters. The topological polar surface area (TPSA) is 87.9 Å². The maximum Gasteiger partial charge on any atom is 0.250 e. The Morgan fingerprint density at radius 3 is 2.35 bits per heavy atom. The molecule has 238 valence electrons. The fraction of sp³-hybridized carbons (Fsp3) is 0.333. The molecule has 1 saturated carbocycles. The minimum atomic E-state index is -0.188. The molecule has 46 heavy (non-hydrogen) atoms. The number of ether oxygens (including phenoxy) is 1. The van der Waals surface area contributed by atoms with Crippen LogP contribution in [0.2, 0.25) is 0 Å². The monoisotopic (exact) mass is 616 g/mol. The van der Waals surface area contributed by atoms with Gasteiger partial charge in [-0.05, 0) is 83.7 Å². The van der Waals surface area contributed by atoms with Crippen LogP contribution in [-0.4, -0.2) is 49.1 Å². The number of carbonyl (C=O) groups is 2. The van der Waals surface area contributed by atoms with Crippen molar-refractivity contribution in [2.45, 2.75) is 63.7 Å². The van der Waals surface area contributed by atoms with E-state index in [4.69, 9.17) is 10.5 Å². The first kappa shape index (κ1) is 31.5. The molecule has 1 fully saturated rings. The number of carbonyl (C=O) groups excluding carboxylic acids is 2.